The van der Waals surface area contributed by atoms with Gasteiger partial charge in [-0.1, -0.05) is 18.2 Å². The molecule has 0 spiro atoms. The molecule has 0 unspecified atom stereocenters. The van der Waals surface area contributed by atoms with Crippen LogP contribution in [0.15, 0.2) is 42.5 Å². The number of carboxylic acid groups (broad SMARTS) is 1. The molecule has 0 heterocycles. The van der Waals surface area contributed by atoms with Gasteiger partial charge in [0.15, 0.2) is 0 Å². The lowest BCUT2D eigenvalue weighted by molar-refractivity contribution is 0.0656. The third kappa shape index (κ3) is 4.67. The fourth-order valence-electron chi connectivity index (χ4n) is 2.10. The summed E-state index contributed by atoms with van der Waals surface area (Å²) in [5.41, 5.74) is 2.92. The van der Waals surface area contributed by atoms with Gasteiger partial charge in [-0.05, 0) is 56.2 Å². The zero-order chi connectivity index (χ0) is 17.7. The number of amides is 1. The van der Waals surface area contributed by atoms with E-state index in [-0.39, 0.29) is 17.6 Å². The summed E-state index contributed by atoms with van der Waals surface area (Å²) >= 11 is 0. The number of rotatable bonds is 6. The Kier molecular flexibility index (Phi) is 5.71. The van der Waals surface area contributed by atoms with E-state index >= 15 is 0 Å². The minimum Gasteiger partial charge on any atom is -0.478 e. The highest BCUT2D eigenvalue weighted by Gasteiger charge is 2.11. The largest absolute Gasteiger partial charge is 0.478 e. The maximum Gasteiger partial charge on any atom is 0.335 e. The normalized spacial score (nSPS) is 10.7. The molecule has 5 heteroatoms. The number of hydrogen-bond acceptors (Lipinski definition) is 3. The zero-order valence-corrected chi connectivity index (χ0v) is 14.0. The lowest BCUT2D eigenvalue weighted by atomic mass is 10.1. The third-order valence-electron chi connectivity index (χ3n) is 3.53. The Bertz CT molecular complexity index is 736. The van der Waals surface area contributed by atoms with E-state index in [0.29, 0.717) is 17.9 Å². The molecule has 0 aliphatic carbocycles. The molecule has 0 fully saturated rings. The zero-order valence-electron chi connectivity index (χ0n) is 14.0. The van der Waals surface area contributed by atoms with Crippen LogP contribution in [-0.4, -0.2) is 23.1 Å². The molecule has 126 valence electrons. The van der Waals surface area contributed by atoms with Crippen molar-refractivity contribution in [1.29, 1.82) is 0 Å². The van der Waals surface area contributed by atoms with Crippen LogP contribution in [0.5, 0.6) is 0 Å². The number of nitrogens with one attached hydrogen (secondary N) is 1. The molecule has 0 aliphatic rings. The molecule has 2 aromatic rings. The molecule has 5 nitrogen and oxygen atoms in total. The molecule has 24 heavy (non-hydrogen) atoms. The molecule has 0 atom stereocenters. The summed E-state index contributed by atoms with van der Waals surface area (Å²) in [7, 11) is 0. The van der Waals surface area contributed by atoms with Crippen molar-refractivity contribution in [3.8, 4) is 0 Å². The summed E-state index contributed by atoms with van der Waals surface area (Å²) in [6, 6.07) is 11.8. The highest BCUT2D eigenvalue weighted by atomic mass is 16.5. The molecule has 1 amide bonds. The first kappa shape index (κ1) is 17.7. The number of anilines is 1. The minimum atomic E-state index is -1.03. The Morgan fingerprint density at radius 1 is 1.08 bits per heavy atom. The average molecular weight is 327 g/mol. The molecule has 0 saturated carbocycles. The van der Waals surface area contributed by atoms with Crippen LogP contribution in [0.1, 0.15) is 45.7 Å². The van der Waals surface area contributed by atoms with Crippen LogP contribution in [0.25, 0.3) is 0 Å². The second-order valence-electron chi connectivity index (χ2n) is 5.85. The number of carboxylic acids is 1. The lowest BCUT2D eigenvalue weighted by Gasteiger charge is -2.10. The van der Waals surface area contributed by atoms with E-state index in [9.17, 15) is 9.59 Å². The molecule has 2 N–H and O–H groups in total. The highest BCUT2D eigenvalue weighted by molar-refractivity contribution is 6.05. The first-order chi connectivity index (χ1) is 11.4. The van der Waals surface area contributed by atoms with Gasteiger partial charge < -0.3 is 15.2 Å². The van der Waals surface area contributed by atoms with Gasteiger partial charge in [-0.3, -0.25) is 4.79 Å². The van der Waals surface area contributed by atoms with E-state index in [1.165, 1.54) is 12.1 Å². The Hall–Kier alpha value is -2.66. The van der Waals surface area contributed by atoms with Crippen molar-refractivity contribution >= 4 is 17.6 Å². The minimum absolute atomic E-state index is 0.136. The number of hydrogen-bond donors (Lipinski definition) is 2. The number of carbonyl (C=O) groups excluding carboxylic acids is 1. The lowest BCUT2D eigenvalue weighted by Crippen LogP contribution is -2.13. The van der Waals surface area contributed by atoms with Crippen molar-refractivity contribution in [2.75, 3.05) is 5.32 Å². The summed E-state index contributed by atoms with van der Waals surface area (Å²) in [5, 5.41) is 11.8. The number of aryl methyl sites for hydroxylation is 1. The van der Waals surface area contributed by atoms with Gasteiger partial charge >= 0.3 is 5.97 Å². The van der Waals surface area contributed by atoms with Gasteiger partial charge in [-0.25, -0.2) is 4.79 Å². The van der Waals surface area contributed by atoms with Gasteiger partial charge in [0.05, 0.1) is 18.3 Å². The van der Waals surface area contributed by atoms with Crippen molar-refractivity contribution < 1.29 is 19.4 Å². The number of ether oxygens (including phenoxy) is 1. The van der Waals surface area contributed by atoms with Crippen LogP contribution >= 0.6 is 0 Å². The summed E-state index contributed by atoms with van der Waals surface area (Å²) in [6.07, 6.45) is 0.150. The summed E-state index contributed by atoms with van der Waals surface area (Å²) in [5.74, 6) is -1.31. The number of benzene rings is 2. The van der Waals surface area contributed by atoms with E-state index in [2.05, 4.69) is 5.32 Å². The van der Waals surface area contributed by atoms with Crippen LogP contribution in [0, 0.1) is 6.92 Å². The van der Waals surface area contributed by atoms with E-state index in [1.807, 2.05) is 32.9 Å². The molecule has 0 bridgehead atoms. The van der Waals surface area contributed by atoms with Crippen LogP contribution < -0.4 is 5.32 Å². The fourth-order valence-corrected chi connectivity index (χ4v) is 2.10. The maximum absolute atomic E-state index is 12.3. The Morgan fingerprint density at radius 3 is 2.29 bits per heavy atom. The smallest absolute Gasteiger partial charge is 0.335 e. The second-order valence-corrected chi connectivity index (χ2v) is 5.85. The van der Waals surface area contributed by atoms with Crippen molar-refractivity contribution in [1.82, 2.24) is 0 Å². The average Bonchev–Trinajstić information content (AvgIpc) is 2.55. The Balaban J connectivity index is 2.09. The van der Waals surface area contributed by atoms with Crippen molar-refractivity contribution in [3.05, 3.63) is 64.7 Å². The third-order valence-corrected chi connectivity index (χ3v) is 3.53. The monoisotopic (exact) mass is 327 g/mol. The van der Waals surface area contributed by atoms with Gasteiger partial charge in [-0.15, -0.1) is 0 Å². The topological polar surface area (TPSA) is 75.6 Å². The van der Waals surface area contributed by atoms with Crippen molar-refractivity contribution in [2.24, 2.45) is 0 Å². The van der Waals surface area contributed by atoms with Crippen LogP contribution in [0.3, 0.4) is 0 Å². The quantitative estimate of drug-likeness (QED) is 0.844. The highest BCUT2D eigenvalue weighted by Crippen LogP contribution is 2.18. The van der Waals surface area contributed by atoms with E-state index in [1.54, 1.807) is 18.2 Å². The number of aromatic carboxylic acids is 1. The first-order valence-corrected chi connectivity index (χ1v) is 7.72. The molecule has 0 radical (unpaired) electrons. The van der Waals surface area contributed by atoms with Crippen molar-refractivity contribution in [3.63, 3.8) is 0 Å². The fraction of sp³-hybridized carbons (Fsp3) is 0.263. The predicted molar refractivity (Wildman–Crippen MR) is 92.5 cm³/mol. The van der Waals surface area contributed by atoms with E-state index in [0.717, 1.165) is 11.1 Å². The summed E-state index contributed by atoms with van der Waals surface area (Å²) in [4.78, 5) is 23.4. The molecular formula is C19H21NO4. The maximum atomic E-state index is 12.3. The number of carbonyl (C=O) groups is 2. The van der Waals surface area contributed by atoms with Gasteiger partial charge in [0, 0.05) is 11.3 Å². The SMILES string of the molecule is Cc1ccc(C(=O)O)cc1NC(=O)c1ccc(COC(C)C)cc1. The molecule has 2 aromatic carbocycles. The molecule has 0 aliphatic heterocycles. The predicted octanol–water partition coefficient (Wildman–Crippen LogP) is 3.87. The van der Waals surface area contributed by atoms with Gasteiger partial charge in [-0.2, -0.15) is 0 Å². The van der Waals surface area contributed by atoms with Crippen molar-refractivity contribution in [2.45, 2.75) is 33.5 Å². The van der Waals surface area contributed by atoms with Crippen LogP contribution in [0.4, 0.5) is 5.69 Å². The molecule has 0 saturated heterocycles. The molecule has 2 rings (SSSR count). The second kappa shape index (κ2) is 7.75. The Labute approximate surface area is 141 Å². The van der Waals surface area contributed by atoms with Crippen LogP contribution in [0.2, 0.25) is 0 Å². The summed E-state index contributed by atoms with van der Waals surface area (Å²) in [6.45, 7) is 6.25. The van der Waals surface area contributed by atoms with Gasteiger partial charge in [0.2, 0.25) is 0 Å². The Morgan fingerprint density at radius 2 is 1.71 bits per heavy atom. The van der Waals surface area contributed by atoms with E-state index in [4.69, 9.17) is 9.84 Å². The van der Waals surface area contributed by atoms with Gasteiger partial charge in [0.1, 0.15) is 0 Å². The van der Waals surface area contributed by atoms with Gasteiger partial charge in [0.25, 0.3) is 5.91 Å². The molecule has 0 aromatic heterocycles. The van der Waals surface area contributed by atoms with E-state index < -0.39 is 5.97 Å². The van der Waals surface area contributed by atoms with Crippen LogP contribution in [-0.2, 0) is 11.3 Å². The molecular weight excluding hydrogens is 306 g/mol. The summed E-state index contributed by atoms with van der Waals surface area (Å²) < 4.78 is 5.52. The first-order valence-electron chi connectivity index (χ1n) is 7.72. The standard InChI is InChI=1S/C19H21NO4/c1-12(2)24-11-14-5-8-15(9-6-14)18(21)20-17-10-16(19(22)23)7-4-13(17)3/h4-10,12H,11H2,1-3H3,(H,20,21)(H,22,23).